The smallest absolute Gasteiger partial charge is 0.387 e. The summed E-state index contributed by atoms with van der Waals surface area (Å²) >= 11 is 0. The maximum absolute atomic E-state index is 12.2. The van der Waals surface area contributed by atoms with Crippen molar-refractivity contribution in [2.75, 3.05) is 0 Å². The molecule has 0 saturated carbocycles. The number of alkyl halides is 2. The fourth-order valence-electron chi connectivity index (χ4n) is 1.99. The largest absolute Gasteiger partial charge is 0.435 e. The molecule has 0 aromatic heterocycles. The van der Waals surface area contributed by atoms with Gasteiger partial charge in [0.15, 0.2) is 0 Å². The van der Waals surface area contributed by atoms with E-state index in [1.165, 1.54) is 17.7 Å². The van der Waals surface area contributed by atoms with E-state index in [0.29, 0.717) is 5.56 Å². The lowest BCUT2D eigenvalue weighted by molar-refractivity contribution is -0.0499. The van der Waals surface area contributed by atoms with E-state index in [2.05, 4.69) is 11.7 Å². The summed E-state index contributed by atoms with van der Waals surface area (Å²) in [6.07, 6.45) is 0.0656. The molecule has 1 N–H and O–H groups in total. The van der Waals surface area contributed by atoms with Crippen molar-refractivity contribution in [1.29, 1.82) is 0 Å². The molecule has 0 bridgehead atoms. The van der Waals surface area contributed by atoms with Crippen molar-refractivity contribution in [1.82, 2.24) is 0 Å². The van der Waals surface area contributed by atoms with Crippen LogP contribution in [0.2, 0.25) is 0 Å². The van der Waals surface area contributed by atoms with Crippen LogP contribution in [0.5, 0.6) is 5.75 Å². The highest BCUT2D eigenvalue weighted by molar-refractivity contribution is 5.36. The van der Waals surface area contributed by atoms with Crippen LogP contribution in [-0.2, 0) is 6.42 Å². The van der Waals surface area contributed by atoms with Gasteiger partial charge in [-0.3, -0.25) is 0 Å². The van der Waals surface area contributed by atoms with Crippen LogP contribution in [0.4, 0.5) is 8.78 Å². The topological polar surface area (TPSA) is 29.5 Å². The predicted octanol–water partition coefficient (Wildman–Crippen LogP) is 3.93. The SMILES string of the molecule is CCc1ccc(C(O)c2cccc(OC(F)F)c2)cc1. The van der Waals surface area contributed by atoms with Crippen LogP contribution in [0.25, 0.3) is 0 Å². The highest BCUT2D eigenvalue weighted by Crippen LogP contribution is 2.26. The third-order valence-corrected chi connectivity index (χ3v) is 3.10. The van der Waals surface area contributed by atoms with Gasteiger partial charge in [-0.15, -0.1) is 0 Å². The summed E-state index contributed by atoms with van der Waals surface area (Å²) in [5, 5.41) is 10.3. The van der Waals surface area contributed by atoms with Crippen molar-refractivity contribution in [3.63, 3.8) is 0 Å². The normalized spacial score (nSPS) is 12.4. The summed E-state index contributed by atoms with van der Waals surface area (Å²) in [4.78, 5) is 0. The van der Waals surface area contributed by atoms with Crippen molar-refractivity contribution in [2.45, 2.75) is 26.1 Å². The van der Waals surface area contributed by atoms with E-state index < -0.39 is 12.7 Å². The number of hydrogen-bond acceptors (Lipinski definition) is 2. The van der Waals surface area contributed by atoms with Crippen molar-refractivity contribution in [2.24, 2.45) is 0 Å². The van der Waals surface area contributed by atoms with Crippen molar-refractivity contribution >= 4 is 0 Å². The van der Waals surface area contributed by atoms with Gasteiger partial charge in [-0.2, -0.15) is 8.78 Å². The maximum Gasteiger partial charge on any atom is 0.387 e. The zero-order chi connectivity index (χ0) is 14.5. The molecule has 0 heterocycles. The van der Waals surface area contributed by atoms with Crippen LogP contribution >= 0.6 is 0 Å². The molecular formula is C16H16F2O2. The molecule has 2 aromatic carbocycles. The summed E-state index contributed by atoms with van der Waals surface area (Å²) in [5.74, 6) is 0.0433. The molecule has 0 fully saturated rings. The maximum atomic E-state index is 12.2. The molecule has 0 spiro atoms. The van der Waals surface area contributed by atoms with E-state index in [-0.39, 0.29) is 5.75 Å². The third-order valence-electron chi connectivity index (χ3n) is 3.10. The Bertz CT molecular complexity index is 553. The van der Waals surface area contributed by atoms with Gasteiger partial charge in [0.2, 0.25) is 0 Å². The minimum Gasteiger partial charge on any atom is -0.435 e. The second kappa shape index (κ2) is 6.48. The molecule has 2 rings (SSSR count). The van der Waals surface area contributed by atoms with Crippen LogP contribution in [-0.4, -0.2) is 11.7 Å². The first-order valence-corrected chi connectivity index (χ1v) is 6.42. The first kappa shape index (κ1) is 14.5. The van der Waals surface area contributed by atoms with Crippen LogP contribution < -0.4 is 4.74 Å². The van der Waals surface area contributed by atoms with E-state index in [9.17, 15) is 13.9 Å². The summed E-state index contributed by atoms with van der Waals surface area (Å²) in [6.45, 7) is -0.817. The lowest BCUT2D eigenvalue weighted by Crippen LogP contribution is -2.04. The predicted molar refractivity (Wildman–Crippen MR) is 73.0 cm³/mol. The summed E-state index contributed by atoms with van der Waals surface area (Å²) < 4.78 is 28.7. The minimum atomic E-state index is -2.87. The zero-order valence-electron chi connectivity index (χ0n) is 11.1. The van der Waals surface area contributed by atoms with Crippen LogP contribution in [0, 0.1) is 0 Å². The van der Waals surface area contributed by atoms with Gasteiger partial charge in [-0.25, -0.2) is 0 Å². The van der Waals surface area contributed by atoms with Gasteiger partial charge in [0.05, 0.1) is 0 Å². The Balaban J connectivity index is 2.20. The number of aliphatic hydroxyl groups is 1. The second-order valence-electron chi connectivity index (χ2n) is 4.45. The molecule has 0 aliphatic carbocycles. The van der Waals surface area contributed by atoms with Crippen molar-refractivity contribution in [3.8, 4) is 5.75 Å². The highest BCUT2D eigenvalue weighted by Gasteiger charge is 2.12. The van der Waals surface area contributed by atoms with Gasteiger partial charge < -0.3 is 9.84 Å². The molecule has 0 saturated heterocycles. The summed E-state index contributed by atoms with van der Waals surface area (Å²) in [5.41, 5.74) is 2.42. The van der Waals surface area contributed by atoms with Crippen molar-refractivity contribution < 1.29 is 18.6 Å². The Hall–Kier alpha value is -1.94. The second-order valence-corrected chi connectivity index (χ2v) is 4.45. The molecule has 106 valence electrons. The Kier molecular flexibility index (Phi) is 4.69. The molecule has 0 radical (unpaired) electrons. The van der Waals surface area contributed by atoms with E-state index >= 15 is 0 Å². The number of halogens is 2. The quantitative estimate of drug-likeness (QED) is 0.898. The minimum absolute atomic E-state index is 0.0433. The number of aliphatic hydroxyl groups excluding tert-OH is 1. The van der Waals surface area contributed by atoms with Crippen molar-refractivity contribution in [3.05, 3.63) is 65.2 Å². The first-order valence-electron chi connectivity index (χ1n) is 6.42. The fraction of sp³-hybridized carbons (Fsp3) is 0.250. The number of hydrogen-bond donors (Lipinski definition) is 1. The number of aryl methyl sites for hydroxylation is 1. The van der Waals surface area contributed by atoms with Gasteiger partial charge in [0.25, 0.3) is 0 Å². The van der Waals surface area contributed by atoms with Crippen LogP contribution in [0.1, 0.15) is 29.7 Å². The number of rotatable bonds is 5. The van der Waals surface area contributed by atoms with Gasteiger partial charge >= 0.3 is 6.61 Å². The molecule has 1 atom stereocenters. The van der Waals surface area contributed by atoms with E-state index in [0.717, 1.165) is 12.0 Å². The molecule has 4 heteroatoms. The van der Waals surface area contributed by atoms with Gasteiger partial charge in [-0.1, -0.05) is 43.3 Å². The lowest BCUT2D eigenvalue weighted by Gasteiger charge is -2.13. The van der Waals surface area contributed by atoms with E-state index in [1.54, 1.807) is 12.1 Å². The highest BCUT2D eigenvalue weighted by atomic mass is 19.3. The first-order chi connectivity index (χ1) is 9.60. The van der Waals surface area contributed by atoms with Gasteiger partial charge in [0, 0.05) is 0 Å². The molecule has 0 aliphatic heterocycles. The standard InChI is InChI=1S/C16H16F2O2/c1-2-11-6-8-12(9-7-11)15(19)13-4-3-5-14(10-13)20-16(17)18/h3-10,15-16,19H,2H2,1H3. The molecular weight excluding hydrogens is 262 g/mol. The molecule has 2 aromatic rings. The third kappa shape index (κ3) is 3.54. The van der Waals surface area contributed by atoms with Gasteiger partial charge in [0.1, 0.15) is 11.9 Å². The average Bonchev–Trinajstić information content (AvgIpc) is 2.46. The van der Waals surface area contributed by atoms with Gasteiger partial charge in [-0.05, 0) is 35.2 Å². The van der Waals surface area contributed by atoms with E-state index in [1.807, 2.05) is 24.3 Å². The van der Waals surface area contributed by atoms with Crippen LogP contribution in [0.3, 0.4) is 0 Å². The Morgan fingerprint density at radius 2 is 1.75 bits per heavy atom. The number of benzene rings is 2. The Morgan fingerprint density at radius 3 is 2.35 bits per heavy atom. The zero-order valence-corrected chi connectivity index (χ0v) is 11.1. The monoisotopic (exact) mass is 278 g/mol. The summed E-state index contributed by atoms with van der Waals surface area (Å²) in [7, 11) is 0. The fourth-order valence-corrected chi connectivity index (χ4v) is 1.99. The Morgan fingerprint density at radius 1 is 1.05 bits per heavy atom. The molecule has 1 unspecified atom stereocenters. The lowest BCUT2D eigenvalue weighted by atomic mass is 10.00. The molecule has 20 heavy (non-hydrogen) atoms. The number of ether oxygens (including phenoxy) is 1. The average molecular weight is 278 g/mol. The van der Waals surface area contributed by atoms with E-state index in [4.69, 9.17) is 0 Å². The summed E-state index contributed by atoms with van der Waals surface area (Å²) in [6, 6.07) is 13.7. The molecule has 2 nitrogen and oxygen atoms in total. The molecule has 0 amide bonds. The Labute approximate surface area is 116 Å². The van der Waals surface area contributed by atoms with Crippen LogP contribution in [0.15, 0.2) is 48.5 Å². The molecule has 0 aliphatic rings.